The Labute approximate surface area is 190 Å². The molecule has 0 fully saturated rings. The van der Waals surface area contributed by atoms with Crippen LogP contribution in [0.25, 0.3) is 11.4 Å². The van der Waals surface area contributed by atoms with E-state index in [1.54, 1.807) is 31.2 Å². The molecule has 7 nitrogen and oxygen atoms in total. The van der Waals surface area contributed by atoms with E-state index in [1.165, 1.54) is 0 Å². The summed E-state index contributed by atoms with van der Waals surface area (Å²) < 4.78 is 12.7. The minimum atomic E-state index is -0.130. The van der Waals surface area contributed by atoms with Gasteiger partial charge < -0.3 is 19.0 Å². The number of hydrogen-bond donors (Lipinski definition) is 1. The highest BCUT2D eigenvalue weighted by Gasteiger charge is 2.14. The number of nitrogens with one attached hydrogen (secondary N) is 1. The first kappa shape index (κ1) is 21.7. The molecule has 2 aromatic heterocycles. The number of benzene rings is 2. The third kappa shape index (κ3) is 5.03. The molecule has 0 aliphatic heterocycles. The Balaban J connectivity index is 1.39. The third-order valence-electron chi connectivity index (χ3n) is 4.95. The first-order valence-electron chi connectivity index (χ1n) is 10.3. The van der Waals surface area contributed by atoms with Gasteiger partial charge in [0.2, 0.25) is 0 Å². The number of carbonyl (C=O) groups excluding carboxylic acids is 1. The molecule has 0 radical (unpaired) electrons. The molecule has 0 bridgehead atoms. The highest BCUT2D eigenvalue weighted by atomic mass is 32.2. The zero-order valence-electron chi connectivity index (χ0n) is 17.9. The Morgan fingerprint density at radius 3 is 2.69 bits per heavy atom. The van der Waals surface area contributed by atoms with Gasteiger partial charge in [-0.05, 0) is 48.9 Å². The van der Waals surface area contributed by atoms with Crippen LogP contribution in [0.4, 0.5) is 0 Å². The van der Waals surface area contributed by atoms with Crippen molar-refractivity contribution in [2.24, 2.45) is 0 Å². The van der Waals surface area contributed by atoms with E-state index in [1.807, 2.05) is 54.6 Å². The molecule has 0 saturated carbocycles. The molecule has 1 amide bonds. The summed E-state index contributed by atoms with van der Waals surface area (Å²) in [6.45, 7) is 3.20. The molecule has 164 valence electrons. The molecule has 0 saturated heterocycles. The maximum absolute atomic E-state index is 12.3. The van der Waals surface area contributed by atoms with Crippen molar-refractivity contribution in [3.8, 4) is 17.1 Å². The van der Waals surface area contributed by atoms with Gasteiger partial charge in [0, 0.05) is 23.4 Å². The predicted octanol–water partition coefficient (Wildman–Crippen LogP) is 4.79. The van der Waals surface area contributed by atoms with Crippen molar-refractivity contribution >= 4 is 17.7 Å². The van der Waals surface area contributed by atoms with Crippen LogP contribution in [-0.2, 0) is 18.8 Å². The normalized spacial score (nSPS) is 10.8. The number of carbonyl (C=O) groups is 1. The fourth-order valence-electron chi connectivity index (χ4n) is 3.24. The molecule has 4 aromatic rings. The molecule has 32 heavy (non-hydrogen) atoms. The Hall–Kier alpha value is -3.52. The zero-order chi connectivity index (χ0) is 22.3. The molecule has 0 unspecified atom stereocenters. The van der Waals surface area contributed by atoms with Crippen LogP contribution in [-0.4, -0.2) is 27.8 Å². The van der Waals surface area contributed by atoms with Crippen LogP contribution in [0.2, 0.25) is 0 Å². The van der Waals surface area contributed by atoms with E-state index in [2.05, 4.69) is 27.0 Å². The van der Waals surface area contributed by atoms with E-state index in [0.29, 0.717) is 12.1 Å². The number of ether oxygens (including phenoxy) is 1. The first-order chi connectivity index (χ1) is 15.7. The van der Waals surface area contributed by atoms with Gasteiger partial charge in [-0.1, -0.05) is 36.0 Å². The maximum atomic E-state index is 12.3. The minimum Gasteiger partial charge on any atom is -0.497 e. The van der Waals surface area contributed by atoms with E-state index in [-0.39, 0.29) is 5.91 Å². The summed E-state index contributed by atoms with van der Waals surface area (Å²) in [5, 5.41) is 12.5. The molecular formula is C24H24N4O3S. The number of thioether (sulfide) groups is 1. The maximum Gasteiger partial charge on any atom is 0.251 e. The van der Waals surface area contributed by atoms with Crippen LogP contribution in [0.3, 0.4) is 0 Å². The molecule has 1 N–H and O–H groups in total. The average molecular weight is 449 g/mol. The van der Waals surface area contributed by atoms with Crippen molar-refractivity contribution in [3.63, 3.8) is 0 Å². The van der Waals surface area contributed by atoms with Crippen LogP contribution >= 0.6 is 11.8 Å². The topological polar surface area (TPSA) is 82.2 Å². The summed E-state index contributed by atoms with van der Waals surface area (Å²) >= 11 is 1.62. The summed E-state index contributed by atoms with van der Waals surface area (Å²) in [6, 6.07) is 19.0. The summed E-state index contributed by atoms with van der Waals surface area (Å²) in [5.41, 5.74) is 2.68. The Bertz CT molecular complexity index is 1170. The van der Waals surface area contributed by atoms with Gasteiger partial charge in [0.25, 0.3) is 5.91 Å². The minimum absolute atomic E-state index is 0.130. The largest absolute Gasteiger partial charge is 0.497 e. The van der Waals surface area contributed by atoms with Crippen LogP contribution in [0, 0.1) is 0 Å². The van der Waals surface area contributed by atoms with Gasteiger partial charge in [0.15, 0.2) is 11.0 Å². The average Bonchev–Trinajstić information content (AvgIpc) is 3.51. The molecule has 2 heterocycles. The lowest BCUT2D eigenvalue weighted by Gasteiger charge is -2.09. The van der Waals surface area contributed by atoms with Gasteiger partial charge >= 0.3 is 0 Å². The second kappa shape index (κ2) is 10.2. The van der Waals surface area contributed by atoms with Gasteiger partial charge in [-0.3, -0.25) is 4.79 Å². The SMILES string of the molecule is CCn1c(SCc2ccc(C(=O)NCc3ccco3)cc2)nnc1-c1cccc(OC)c1. The van der Waals surface area contributed by atoms with Crippen LogP contribution in [0.15, 0.2) is 76.5 Å². The number of hydrogen-bond acceptors (Lipinski definition) is 6. The fraction of sp³-hybridized carbons (Fsp3) is 0.208. The highest BCUT2D eigenvalue weighted by Crippen LogP contribution is 2.28. The van der Waals surface area contributed by atoms with Gasteiger partial charge in [0.1, 0.15) is 11.5 Å². The van der Waals surface area contributed by atoms with Crippen molar-refractivity contribution in [1.29, 1.82) is 0 Å². The van der Waals surface area contributed by atoms with E-state index in [4.69, 9.17) is 9.15 Å². The molecule has 0 spiro atoms. The quantitative estimate of drug-likeness (QED) is 0.371. The van der Waals surface area contributed by atoms with Crippen molar-refractivity contribution in [2.75, 3.05) is 7.11 Å². The monoisotopic (exact) mass is 448 g/mol. The summed E-state index contributed by atoms with van der Waals surface area (Å²) in [4.78, 5) is 12.3. The summed E-state index contributed by atoms with van der Waals surface area (Å²) in [5.74, 6) is 2.92. The molecule has 0 aliphatic carbocycles. The molecule has 8 heteroatoms. The predicted molar refractivity (Wildman–Crippen MR) is 124 cm³/mol. The fourth-order valence-corrected chi connectivity index (χ4v) is 4.20. The molecule has 0 aliphatic rings. The molecular weight excluding hydrogens is 424 g/mol. The van der Waals surface area contributed by atoms with Crippen molar-refractivity contribution in [2.45, 2.75) is 30.9 Å². The lowest BCUT2D eigenvalue weighted by molar-refractivity contribution is 0.0948. The summed E-state index contributed by atoms with van der Waals surface area (Å²) in [7, 11) is 1.65. The van der Waals surface area contributed by atoms with Crippen molar-refractivity contribution in [1.82, 2.24) is 20.1 Å². The number of amides is 1. The number of aromatic nitrogens is 3. The van der Waals surface area contributed by atoms with E-state index >= 15 is 0 Å². The molecule has 4 rings (SSSR count). The van der Waals surface area contributed by atoms with Crippen molar-refractivity contribution < 1.29 is 13.9 Å². The lowest BCUT2D eigenvalue weighted by Crippen LogP contribution is -2.22. The van der Waals surface area contributed by atoms with Gasteiger partial charge in [-0.2, -0.15) is 0 Å². The lowest BCUT2D eigenvalue weighted by atomic mass is 10.1. The third-order valence-corrected chi connectivity index (χ3v) is 5.99. The van der Waals surface area contributed by atoms with Crippen LogP contribution in [0.1, 0.15) is 28.6 Å². The van der Waals surface area contributed by atoms with Gasteiger partial charge in [0.05, 0.1) is 19.9 Å². The highest BCUT2D eigenvalue weighted by molar-refractivity contribution is 7.98. The Morgan fingerprint density at radius 1 is 1.12 bits per heavy atom. The smallest absolute Gasteiger partial charge is 0.251 e. The Kier molecular flexibility index (Phi) is 6.91. The Morgan fingerprint density at radius 2 is 1.97 bits per heavy atom. The first-order valence-corrected chi connectivity index (χ1v) is 11.3. The van der Waals surface area contributed by atoms with Crippen LogP contribution < -0.4 is 10.1 Å². The van der Waals surface area contributed by atoms with E-state index in [0.717, 1.165) is 45.9 Å². The number of furan rings is 1. The molecule has 0 atom stereocenters. The van der Waals surface area contributed by atoms with E-state index in [9.17, 15) is 4.79 Å². The molecule has 2 aromatic carbocycles. The standard InChI is InChI=1S/C24H24N4O3S/c1-3-28-22(19-6-4-7-20(14-19)30-2)26-27-24(28)32-16-17-9-11-18(12-10-17)23(29)25-15-21-8-5-13-31-21/h4-14H,3,15-16H2,1-2H3,(H,25,29). The van der Waals surface area contributed by atoms with Gasteiger partial charge in [-0.25, -0.2) is 0 Å². The second-order valence-corrected chi connectivity index (χ2v) is 7.97. The number of nitrogens with zero attached hydrogens (tertiary/aromatic N) is 3. The summed E-state index contributed by atoms with van der Waals surface area (Å²) in [6.07, 6.45) is 1.59. The van der Waals surface area contributed by atoms with Crippen molar-refractivity contribution in [3.05, 3.63) is 83.8 Å². The second-order valence-electron chi connectivity index (χ2n) is 7.03. The van der Waals surface area contributed by atoms with Crippen LogP contribution in [0.5, 0.6) is 5.75 Å². The number of methoxy groups -OCH3 is 1. The zero-order valence-corrected chi connectivity index (χ0v) is 18.8. The number of rotatable bonds is 9. The van der Waals surface area contributed by atoms with Gasteiger partial charge in [-0.15, -0.1) is 10.2 Å². The van der Waals surface area contributed by atoms with E-state index < -0.39 is 0 Å².